The van der Waals surface area contributed by atoms with Gasteiger partial charge in [-0.3, -0.25) is 4.79 Å². The molecule has 0 unspecified atom stereocenters. The molecule has 0 radical (unpaired) electrons. The first kappa shape index (κ1) is 14.7. The third-order valence-corrected chi connectivity index (χ3v) is 3.17. The highest BCUT2D eigenvalue weighted by Crippen LogP contribution is 2.30. The zero-order valence-corrected chi connectivity index (χ0v) is 12.5. The third kappa shape index (κ3) is 4.15. The molecule has 1 heterocycles. The topological polar surface area (TPSA) is 47.6 Å². The molecule has 1 aromatic carbocycles. The zero-order valence-electron chi connectivity index (χ0n) is 12.5. The first-order valence-corrected chi connectivity index (χ1v) is 7.13. The van der Waals surface area contributed by atoms with E-state index >= 15 is 0 Å². The van der Waals surface area contributed by atoms with Gasteiger partial charge in [-0.05, 0) is 30.0 Å². The SMILES string of the molecule is CC(C)(C)CCNC(=O)c1ccc2c(c1)OCCCO2. The van der Waals surface area contributed by atoms with Crippen LogP contribution < -0.4 is 14.8 Å². The van der Waals surface area contributed by atoms with Crippen molar-refractivity contribution in [2.24, 2.45) is 5.41 Å². The molecule has 0 fully saturated rings. The summed E-state index contributed by atoms with van der Waals surface area (Å²) in [5.74, 6) is 1.31. The van der Waals surface area contributed by atoms with E-state index in [1.54, 1.807) is 18.2 Å². The molecule has 2 rings (SSSR count). The number of ether oxygens (including phenoxy) is 2. The summed E-state index contributed by atoms with van der Waals surface area (Å²) in [5, 5.41) is 2.94. The molecule has 1 aromatic rings. The normalized spacial score (nSPS) is 14.6. The van der Waals surface area contributed by atoms with Gasteiger partial charge in [-0.25, -0.2) is 0 Å². The van der Waals surface area contributed by atoms with Crippen molar-refractivity contribution in [2.75, 3.05) is 19.8 Å². The van der Waals surface area contributed by atoms with Crippen molar-refractivity contribution in [3.63, 3.8) is 0 Å². The number of amides is 1. The Labute approximate surface area is 120 Å². The van der Waals surface area contributed by atoms with Gasteiger partial charge in [-0.2, -0.15) is 0 Å². The van der Waals surface area contributed by atoms with Gasteiger partial charge in [-0.1, -0.05) is 20.8 Å². The molecule has 0 aromatic heterocycles. The van der Waals surface area contributed by atoms with Crippen LogP contribution in [0.25, 0.3) is 0 Å². The van der Waals surface area contributed by atoms with Crippen LogP contribution in [0, 0.1) is 5.41 Å². The molecule has 4 nitrogen and oxygen atoms in total. The second-order valence-electron chi connectivity index (χ2n) is 6.28. The van der Waals surface area contributed by atoms with Crippen molar-refractivity contribution in [3.8, 4) is 11.5 Å². The number of nitrogens with one attached hydrogen (secondary N) is 1. The minimum atomic E-state index is -0.0649. The maximum atomic E-state index is 12.1. The minimum absolute atomic E-state index is 0.0649. The van der Waals surface area contributed by atoms with E-state index in [0.717, 1.165) is 12.8 Å². The lowest BCUT2D eigenvalue weighted by molar-refractivity contribution is 0.0949. The van der Waals surface area contributed by atoms with Gasteiger partial charge in [0.25, 0.3) is 5.91 Å². The molecule has 1 aliphatic rings. The number of hydrogen-bond acceptors (Lipinski definition) is 3. The van der Waals surface area contributed by atoms with E-state index in [1.165, 1.54) is 0 Å². The molecule has 1 amide bonds. The Bertz CT molecular complexity index is 477. The Morgan fingerprint density at radius 1 is 1.20 bits per heavy atom. The zero-order chi connectivity index (χ0) is 14.6. The Kier molecular flexibility index (Phi) is 4.53. The molecule has 0 atom stereocenters. The molecular formula is C16H23NO3. The summed E-state index contributed by atoms with van der Waals surface area (Å²) in [7, 11) is 0. The first-order valence-electron chi connectivity index (χ1n) is 7.13. The Hall–Kier alpha value is -1.71. The lowest BCUT2D eigenvalue weighted by Gasteiger charge is -2.18. The van der Waals surface area contributed by atoms with Crippen LogP contribution in [0.15, 0.2) is 18.2 Å². The number of hydrogen-bond donors (Lipinski definition) is 1. The maximum Gasteiger partial charge on any atom is 0.251 e. The van der Waals surface area contributed by atoms with Gasteiger partial charge in [-0.15, -0.1) is 0 Å². The highest BCUT2D eigenvalue weighted by atomic mass is 16.5. The highest BCUT2D eigenvalue weighted by molar-refractivity contribution is 5.94. The van der Waals surface area contributed by atoms with E-state index in [0.29, 0.717) is 36.8 Å². The molecule has 1 N–H and O–H groups in total. The van der Waals surface area contributed by atoms with Crippen molar-refractivity contribution in [1.82, 2.24) is 5.32 Å². The molecule has 0 saturated heterocycles. The molecule has 0 aliphatic carbocycles. The lowest BCUT2D eigenvalue weighted by Crippen LogP contribution is -2.27. The fourth-order valence-electron chi connectivity index (χ4n) is 1.96. The van der Waals surface area contributed by atoms with E-state index in [-0.39, 0.29) is 11.3 Å². The smallest absolute Gasteiger partial charge is 0.251 e. The van der Waals surface area contributed by atoms with E-state index in [9.17, 15) is 4.79 Å². The molecule has 1 aliphatic heterocycles. The Morgan fingerprint density at radius 3 is 2.60 bits per heavy atom. The van der Waals surface area contributed by atoms with Crippen LogP contribution in [0.2, 0.25) is 0 Å². The average molecular weight is 277 g/mol. The molecule has 0 spiro atoms. The second-order valence-corrected chi connectivity index (χ2v) is 6.28. The largest absolute Gasteiger partial charge is 0.490 e. The van der Waals surface area contributed by atoms with Gasteiger partial charge >= 0.3 is 0 Å². The molecule has 0 bridgehead atoms. The molecule has 0 saturated carbocycles. The van der Waals surface area contributed by atoms with Crippen molar-refractivity contribution in [3.05, 3.63) is 23.8 Å². The number of benzene rings is 1. The molecule has 4 heteroatoms. The summed E-state index contributed by atoms with van der Waals surface area (Å²) in [4.78, 5) is 12.1. The Balaban J connectivity index is 1.98. The van der Waals surface area contributed by atoms with Gasteiger partial charge in [0.05, 0.1) is 13.2 Å². The van der Waals surface area contributed by atoms with Crippen molar-refractivity contribution >= 4 is 5.91 Å². The van der Waals surface area contributed by atoms with E-state index in [1.807, 2.05) is 0 Å². The van der Waals surface area contributed by atoms with E-state index in [2.05, 4.69) is 26.1 Å². The average Bonchev–Trinajstić information content (AvgIpc) is 2.61. The number of rotatable bonds is 3. The minimum Gasteiger partial charge on any atom is -0.490 e. The van der Waals surface area contributed by atoms with Gasteiger partial charge in [0, 0.05) is 18.5 Å². The van der Waals surface area contributed by atoms with Crippen LogP contribution in [0.4, 0.5) is 0 Å². The summed E-state index contributed by atoms with van der Waals surface area (Å²) in [6, 6.07) is 5.34. The molecule has 110 valence electrons. The predicted octanol–water partition coefficient (Wildman–Crippen LogP) is 3.01. The van der Waals surface area contributed by atoms with Gasteiger partial charge in [0.15, 0.2) is 11.5 Å². The summed E-state index contributed by atoms with van der Waals surface area (Å²) < 4.78 is 11.1. The second kappa shape index (κ2) is 6.16. The molecular weight excluding hydrogens is 254 g/mol. The van der Waals surface area contributed by atoms with Crippen molar-refractivity contribution in [1.29, 1.82) is 0 Å². The third-order valence-electron chi connectivity index (χ3n) is 3.17. The number of carbonyl (C=O) groups excluding carboxylic acids is 1. The van der Waals surface area contributed by atoms with Crippen molar-refractivity contribution in [2.45, 2.75) is 33.6 Å². The lowest BCUT2D eigenvalue weighted by atomic mass is 9.92. The maximum absolute atomic E-state index is 12.1. The quantitative estimate of drug-likeness (QED) is 0.924. The van der Waals surface area contributed by atoms with E-state index in [4.69, 9.17) is 9.47 Å². The van der Waals surface area contributed by atoms with Gasteiger partial charge in [0.1, 0.15) is 0 Å². The van der Waals surface area contributed by atoms with Crippen LogP contribution in [0.3, 0.4) is 0 Å². The standard InChI is InChI=1S/C16H23NO3/c1-16(2,3)7-8-17-15(18)12-5-6-13-14(11-12)20-10-4-9-19-13/h5-6,11H,4,7-10H2,1-3H3,(H,17,18). The number of carbonyl (C=O) groups is 1. The first-order chi connectivity index (χ1) is 9.46. The van der Waals surface area contributed by atoms with Crippen LogP contribution in [-0.4, -0.2) is 25.7 Å². The summed E-state index contributed by atoms with van der Waals surface area (Å²) in [6.45, 7) is 8.44. The van der Waals surface area contributed by atoms with Crippen LogP contribution in [0.5, 0.6) is 11.5 Å². The summed E-state index contributed by atoms with van der Waals surface area (Å²) in [6.07, 6.45) is 1.81. The van der Waals surface area contributed by atoms with Gasteiger partial charge < -0.3 is 14.8 Å². The van der Waals surface area contributed by atoms with Crippen LogP contribution in [-0.2, 0) is 0 Å². The highest BCUT2D eigenvalue weighted by Gasteiger charge is 2.15. The molecule has 20 heavy (non-hydrogen) atoms. The van der Waals surface area contributed by atoms with Crippen LogP contribution in [0.1, 0.15) is 44.0 Å². The fraction of sp³-hybridized carbons (Fsp3) is 0.562. The Morgan fingerprint density at radius 2 is 1.90 bits per heavy atom. The summed E-state index contributed by atoms with van der Waals surface area (Å²) >= 11 is 0. The van der Waals surface area contributed by atoms with E-state index < -0.39 is 0 Å². The summed E-state index contributed by atoms with van der Waals surface area (Å²) in [5.41, 5.74) is 0.834. The van der Waals surface area contributed by atoms with Gasteiger partial charge in [0.2, 0.25) is 0 Å². The van der Waals surface area contributed by atoms with Crippen molar-refractivity contribution < 1.29 is 14.3 Å². The van der Waals surface area contributed by atoms with Crippen LogP contribution >= 0.6 is 0 Å². The fourth-order valence-corrected chi connectivity index (χ4v) is 1.96. The predicted molar refractivity (Wildman–Crippen MR) is 78.5 cm³/mol. The number of fused-ring (bicyclic) bond motifs is 1. The monoisotopic (exact) mass is 277 g/mol.